The van der Waals surface area contributed by atoms with E-state index in [1.807, 2.05) is 30.4 Å². The first kappa shape index (κ1) is 29.2. The van der Waals surface area contributed by atoms with Gasteiger partial charge in [0, 0.05) is 42.1 Å². The van der Waals surface area contributed by atoms with Crippen LogP contribution in [0.4, 0.5) is 18.9 Å². The SMILES string of the molecule is CC(C)(C)C(C#N)c1c(F)c(F)c(C(=O)O)c(C2=C3C=CC(=[N+]4CCC4)C=C3[Si](C)(C)c3cc(N4CCC4)ccc32)c1F. The van der Waals surface area contributed by atoms with Crippen LogP contribution in [0.2, 0.25) is 13.1 Å². The normalized spacial score (nSPS) is 19.6. The molecule has 1 aliphatic carbocycles. The second-order valence-corrected chi connectivity index (χ2v) is 17.8. The van der Waals surface area contributed by atoms with Crippen LogP contribution in [0.15, 0.2) is 47.2 Å². The molecule has 222 valence electrons. The van der Waals surface area contributed by atoms with E-state index in [1.165, 1.54) is 0 Å². The van der Waals surface area contributed by atoms with E-state index in [1.54, 1.807) is 20.8 Å². The van der Waals surface area contributed by atoms with Gasteiger partial charge in [-0.25, -0.2) is 22.5 Å². The van der Waals surface area contributed by atoms with Gasteiger partial charge in [-0.2, -0.15) is 5.26 Å². The highest BCUT2D eigenvalue weighted by Crippen LogP contribution is 2.47. The van der Waals surface area contributed by atoms with Crippen molar-refractivity contribution < 1.29 is 27.6 Å². The summed E-state index contributed by atoms with van der Waals surface area (Å²) in [5.74, 6) is -7.62. The Morgan fingerprint density at radius 3 is 2.30 bits per heavy atom. The van der Waals surface area contributed by atoms with Crippen LogP contribution in [0.25, 0.3) is 5.57 Å². The van der Waals surface area contributed by atoms with Gasteiger partial charge in [0.2, 0.25) is 0 Å². The Balaban J connectivity index is 1.74. The van der Waals surface area contributed by atoms with Gasteiger partial charge in [-0.1, -0.05) is 39.9 Å². The Hall–Kier alpha value is -3.90. The molecule has 0 spiro atoms. The summed E-state index contributed by atoms with van der Waals surface area (Å²) in [4.78, 5) is 14.9. The number of nitrogens with zero attached hydrogens (tertiary/aromatic N) is 3. The van der Waals surface area contributed by atoms with Crippen LogP contribution >= 0.6 is 0 Å². The quantitative estimate of drug-likeness (QED) is 0.254. The van der Waals surface area contributed by atoms with Crippen molar-refractivity contribution in [2.24, 2.45) is 5.41 Å². The molecule has 0 bridgehead atoms. The molecule has 4 aliphatic rings. The van der Waals surface area contributed by atoms with Crippen LogP contribution in [-0.4, -0.2) is 55.6 Å². The van der Waals surface area contributed by atoms with E-state index < -0.39 is 59.5 Å². The van der Waals surface area contributed by atoms with Crippen LogP contribution < -0.4 is 10.1 Å². The van der Waals surface area contributed by atoms with E-state index in [0.717, 1.165) is 60.8 Å². The van der Waals surface area contributed by atoms with Crippen LogP contribution in [0.3, 0.4) is 0 Å². The van der Waals surface area contributed by atoms with Crippen molar-refractivity contribution in [3.05, 3.63) is 86.9 Å². The molecule has 2 fully saturated rings. The average molecular weight is 603 g/mol. The molecule has 5 nitrogen and oxygen atoms in total. The van der Waals surface area contributed by atoms with Crippen molar-refractivity contribution in [2.75, 3.05) is 31.1 Å². The third kappa shape index (κ3) is 4.41. The van der Waals surface area contributed by atoms with Crippen LogP contribution in [0, 0.1) is 34.2 Å². The number of fused-ring (bicyclic) bond motifs is 2. The fourth-order valence-electron chi connectivity index (χ4n) is 6.70. The molecular formula is C34H35F3N3O2Si+. The number of rotatable bonds is 4. The van der Waals surface area contributed by atoms with Crippen LogP contribution in [0.5, 0.6) is 0 Å². The van der Waals surface area contributed by atoms with E-state index in [2.05, 4.69) is 34.7 Å². The molecule has 2 aromatic rings. The summed E-state index contributed by atoms with van der Waals surface area (Å²) >= 11 is 0. The van der Waals surface area contributed by atoms with Crippen molar-refractivity contribution >= 4 is 36.2 Å². The van der Waals surface area contributed by atoms with Crippen molar-refractivity contribution in [2.45, 2.75) is 52.6 Å². The minimum atomic E-state index is -2.46. The molecule has 1 unspecified atom stereocenters. The number of hydrogen-bond acceptors (Lipinski definition) is 3. The molecule has 43 heavy (non-hydrogen) atoms. The van der Waals surface area contributed by atoms with E-state index in [9.17, 15) is 15.2 Å². The maximum Gasteiger partial charge on any atom is 0.339 e. The number of aromatic carboxylic acids is 1. The Kier molecular flexibility index (Phi) is 6.84. The number of carboxylic acids is 1. The molecule has 1 atom stereocenters. The smallest absolute Gasteiger partial charge is 0.339 e. The number of allylic oxidation sites excluding steroid dienone is 5. The number of benzene rings is 2. The number of anilines is 1. The number of carbonyl (C=O) groups is 1. The van der Waals surface area contributed by atoms with Gasteiger partial charge in [-0.05, 0) is 57.1 Å². The van der Waals surface area contributed by atoms with Crippen LogP contribution in [0.1, 0.15) is 66.6 Å². The molecule has 0 amide bonds. The molecule has 0 radical (unpaired) electrons. The summed E-state index contributed by atoms with van der Waals surface area (Å²) in [6.07, 6.45) is 8.11. The summed E-state index contributed by atoms with van der Waals surface area (Å²) in [5, 5.41) is 22.2. The second-order valence-electron chi connectivity index (χ2n) is 13.5. The minimum Gasteiger partial charge on any atom is -0.478 e. The zero-order valence-electron chi connectivity index (χ0n) is 25.1. The van der Waals surface area contributed by atoms with Crippen molar-refractivity contribution in [1.82, 2.24) is 0 Å². The topological polar surface area (TPSA) is 67.3 Å². The standard InChI is InChI=1S/C34H34F3N3O2Si/c1-34(2,3)23(18-38)27-30(35)28(29(33(41)42)32(37)31(27)36)26-21-10-8-19(39-12-6-13-39)16-24(21)43(4,5)25-17-20(9-11-22(25)26)40-14-7-15-40/h8-11,16-17,23H,6-7,12-15H2,1-5H3/p+1. The Bertz CT molecular complexity index is 1760. The lowest BCUT2D eigenvalue weighted by molar-refractivity contribution is -0.582. The number of halogens is 3. The zero-order valence-corrected chi connectivity index (χ0v) is 26.1. The molecule has 0 saturated carbocycles. The van der Waals surface area contributed by atoms with Crippen molar-refractivity contribution in [3.63, 3.8) is 0 Å². The zero-order chi connectivity index (χ0) is 31.0. The monoisotopic (exact) mass is 602 g/mol. The van der Waals surface area contributed by atoms with Crippen molar-refractivity contribution in [3.8, 4) is 6.07 Å². The molecule has 3 heterocycles. The second kappa shape index (κ2) is 10.1. The maximum absolute atomic E-state index is 17.0. The maximum atomic E-state index is 17.0. The molecule has 1 N–H and O–H groups in total. The largest absolute Gasteiger partial charge is 0.478 e. The predicted octanol–water partition coefficient (Wildman–Crippen LogP) is 6.29. The van der Waals surface area contributed by atoms with Gasteiger partial charge in [-0.3, -0.25) is 0 Å². The average Bonchev–Trinajstić information content (AvgIpc) is 2.87. The highest BCUT2D eigenvalue weighted by Gasteiger charge is 2.45. The lowest BCUT2D eigenvalue weighted by Gasteiger charge is -2.40. The first-order chi connectivity index (χ1) is 20.3. The van der Waals surface area contributed by atoms with Gasteiger partial charge < -0.3 is 10.0 Å². The minimum absolute atomic E-state index is 0.225. The summed E-state index contributed by atoms with van der Waals surface area (Å²) in [7, 11) is -2.46. The molecule has 3 aliphatic heterocycles. The molecule has 6 rings (SSSR count). The van der Waals surface area contributed by atoms with Gasteiger partial charge in [0.05, 0.1) is 18.4 Å². The third-order valence-corrected chi connectivity index (χ3v) is 13.0. The number of hydrogen-bond donors (Lipinski definition) is 1. The predicted molar refractivity (Wildman–Crippen MR) is 164 cm³/mol. The summed E-state index contributed by atoms with van der Waals surface area (Å²) in [5.41, 5.74) is 0.278. The van der Waals surface area contributed by atoms with Gasteiger partial charge >= 0.3 is 5.97 Å². The fraction of sp³-hybridized carbons (Fsp3) is 0.382. The Morgan fingerprint density at radius 2 is 1.77 bits per heavy atom. The van der Waals surface area contributed by atoms with Crippen LogP contribution in [-0.2, 0) is 0 Å². The van der Waals surface area contributed by atoms with Gasteiger partial charge in [-0.15, -0.1) is 0 Å². The van der Waals surface area contributed by atoms with Gasteiger partial charge in [0.25, 0.3) is 0 Å². The van der Waals surface area contributed by atoms with E-state index >= 15 is 13.2 Å². The number of nitriles is 1. The van der Waals surface area contributed by atoms with E-state index in [4.69, 9.17) is 0 Å². The fourth-order valence-corrected chi connectivity index (χ4v) is 9.77. The first-order valence-electron chi connectivity index (χ1n) is 14.8. The van der Waals surface area contributed by atoms with E-state index in [-0.39, 0.29) is 5.57 Å². The molecule has 0 aromatic heterocycles. The lowest BCUT2D eigenvalue weighted by Crippen LogP contribution is -2.50. The van der Waals surface area contributed by atoms with E-state index in [0.29, 0.717) is 11.1 Å². The summed E-state index contributed by atoms with van der Waals surface area (Å²) < 4.78 is 50.8. The van der Waals surface area contributed by atoms with Crippen molar-refractivity contribution in [1.29, 1.82) is 5.26 Å². The molecule has 2 saturated heterocycles. The number of carboxylic acid groups (broad SMARTS) is 1. The highest BCUT2D eigenvalue weighted by molar-refractivity contribution is 6.98. The molecule has 2 aromatic carbocycles. The summed E-state index contributed by atoms with van der Waals surface area (Å²) in [6, 6.07) is 7.88. The Morgan fingerprint density at radius 1 is 1.07 bits per heavy atom. The molecular weight excluding hydrogens is 567 g/mol. The molecule has 9 heteroatoms. The first-order valence-corrected chi connectivity index (χ1v) is 17.8. The highest BCUT2D eigenvalue weighted by atomic mass is 28.3. The Labute approximate surface area is 251 Å². The third-order valence-electron chi connectivity index (χ3n) is 9.44. The van der Waals surface area contributed by atoms with Gasteiger partial charge in [0.15, 0.2) is 17.3 Å². The summed E-state index contributed by atoms with van der Waals surface area (Å²) in [6.45, 7) is 13.1. The van der Waals surface area contributed by atoms with Gasteiger partial charge in [0.1, 0.15) is 32.5 Å². The lowest BCUT2D eigenvalue weighted by atomic mass is 9.75.